The maximum Gasteiger partial charge on any atom is 0.240 e. The highest BCUT2D eigenvalue weighted by Crippen LogP contribution is 2.24. The van der Waals surface area contributed by atoms with Crippen molar-refractivity contribution >= 4 is 16.9 Å². The summed E-state index contributed by atoms with van der Waals surface area (Å²) in [5, 5.41) is 3.01. The first-order chi connectivity index (χ1) is 10.9. The van der Waals surface area contributed by atoms with E-state index in [2.05, 4.69) is 5.32 Å². The summed E-state index contributed by atoms with van der Waals surface area (Å²) in [6.45, 7) is 6.20. The zero-order valence-corrected chi connectivity index (χ0v) is 13.7. The third kappa shape index (κ3) is 3.42. The molecule has 1 heterocycles. The van der Waals surface area contributed by atoms with Crippen molar-refractivity contribution in [3.05, 3.63) is 54.6 Å². The van der Waals surface area contributed by atoms with Crippen LogP contribution in [0.2, 0.25) is 0 Å². The molecule has 0 saturated carbocycles. The van der Waals surface area contributed by atoms with Gasteiger partial charge in [0.25, 0.3) is 0 Å². The molecule has 0 saturated heterocycles. The number of imidazole rings is 1. The first-order valence-electron chi connectivity index (χ1n) is 7.76. The van der Waals surface area contributed by atoms with Gasteiger partial charge in [-0.2, -0.15) is 0 Å². The topological polar surface area (TPSA) is 46.9 Å². The lowest BCUT2D eigenvalue weighted by atomic mass is 10.1. The average Bonchev–Trinajstić information content (AvgIpc) is 2.85. The maximum atomic E-state index is 12.4. The normalized spacial score (nSPS) is 11.6. The Bertz CT molecular complexity index is 829. The van der Waals surface area contributed by atoms with Crippen molar-refractivity contribution in [1.29, 1.82) is 0 Å². The van der Waals surface area contributed by atoms with Gasteiger partial charge in [-0.25, -0.2) is 4.98 Å². The van der Waals surface area contributed by atoms with Crippen LogP contribution in [-0.4, -0.2) is 21.0 Å². The zero-order valence-electron chi connectivity index (χ0n) is 13.7. The molecule has 4 nitrogen and oxygen atoms in total. The zero-order chi connectivity index (χ0) is 16.4. The van der Waals surface area contributed by atoms with Crippen LogP contribution in [0.15, 0.2) is 54.6 Å². The van der Waals surface area contributed by atoms with Crippen LogP contribution in [0.5, 0.6) is 0 Å². The van der Waals surface area contributed by atoms with Crippen molar-refractivity contribution in [2.75, 3.05) is 0 Å². The molecule has 0 fully saturated rings. The fourth-order valence-electron chi connectivity index (χ4n) is 2.64. The van der Waals surface area contributed by atoms with Crippen molar-refractivity contribution in [3.8, 4) is 11.4 Å². The number of nitrogens with zero attached hydrogens (tertiary/aromatic N) is 2. The van der Waals surface area contributed by atoms with Gasteiger partial charge in [0.05, 0.1) is 11.0 Å². The first-order valence-corrected chi connectivity index (χ1v) is 7.76. The molecule has 0 aliphatic rings. The molecule has 0 bridgehead atoms. The molecule has 23 heavy (non-hydrogen) atoms. The molecule has 3 rings (SSSR count). The Hall–Kier alpha value is -2.62. The Balaban J connectivity index is 2.05. The number of nitrogens with one attached hydrogen (secondary N) is 1. The van der Waals surface area contributed by atoms with Crippen molar-refractivity contribution in [2.24, 2.45) is 0 Å². The summed E-state index contributed by atoms with van der Waals surface area (Å²) < 4.78 is 1.98. The minimum atomic E-state index is -0.250. The number of carbonyl (C=O) groups excluding carboxylic acids is 1. The predicted octanol–water partition coefficient (Wildman–Crippen LogP) is 3.62. The number of hydrogen-bond acceptors (Lipinski definition) is 2. The number of amides is 1. The van der Waals surface area contributed by atoms with Gasteiger partial charge in [-0.1, -0.05) is 42.5 Å². The molecule has 0 aliphatic heterocycles. The molecule has 1 amide bonds. The molecule has 118 valence electrons. The molecule has 1 aromatic heterocycles. The fourth-order valence-corrected chi connectivity index (χ4v) is 2.64. The smallest absolute Gasteiger partial charge is 0.240 e. The summed E-state index contributed by atoms with van der Waals surface area (Å²) >= 11 is 0. The Kier molecular flexibility index (Phi) is 3.90. The Morgan fingerprint density at radius 1 is 1.04 bits per heavy atom. The van der Waals surface area contributed by atoms with E-state index in [1.54, 1.807) is 0 Å². The van der Waals surface area contributed by atoms with Gasteiger partial charge >= 0.3 is 0 Å². The Morgan fingerprint density at radius 3 is 2.39 bits per heavy atom. The van der Waals surface area contributed by atoms with E-state index in [4.69, 9.17) is 4.98 Å². The summed E-state index contributed by atoms with van der Waals surface area (Å²) in [4.78, 5) is 17.1. The minimum Gasteiger partial charge on any atom is -0.350 e. The molecule has 2 aromatic carbocycles. The highest BCUT2D eigenvalue weighted by molar-refractivity contribution is 5.84. The number of fused-ring (bicyclic) bond motifs is 1. The average molecular weight is 307 g/mol. The van der Waals surface area contributed by atoms with Crippen LogP contribution < -0.4 is 5.32 Å². The highest BCUT2D eigenvalue weighted by Gasteiger charge is 2.18. The molecule has 0 aliphatic carbocycles. The molecule has 0 unspecified atom stereocenters. The maximum absolute atomic E-state index is 12.4. The Morgan fingerprint density at radius 2 is 1.70 bits per heavy atom. The van der Waals surface area contributed by atoms with Gasteiger partial charge < -0.3 is 9.88 Å². The second kappa shape index (κ2) is 5.88. The van der Waals surface area contributed by atoms with Crippen LogP contribution in [-0.2, 0) is 11.3 Å². The van der Waals surface area contributed by atoms with Gasteiger partial charge in [0.2, 0.25) is 5.91 Å². The van der Waals surface area contributed by atoms with Crippen molar-refractivity contribution in [2.45, 2.75) is 32.9 Å². The number of rotatable bonds is 3. The van der Waals surface area contributed by atoms with Gasteiger partial charge in [-0.15, -0.1) is 0 Å². The lowest BCUT2D eigenvalue weighted by Gasteiger charge is -2.21. The Labute approximate surface area is 136 Å². The van der Waals surface area contributed by atoms with Gasteiger partial charge in [0, 0.05) is 11.1 Å². The highest BCUT2D eigenvalue weighted by atomic mass is 16.2. The van der Waals surface area contributed by atoms with Crippen LogP contribution in [0, 0.1) is 0 Å². The lowest BCUT2D eigenvalue weighted by Crippen LogP contribution is -2.42. The third-order valence-corrected chi connectivity index (χ3v) is 3.50. The molecule has 0 radical (unpaired) electrons. The molecular weight excluding hydrogens is 286 g/mol. The van der Waals surface area contributed by atoms with E-state index in [0.717, 1.165) is 22.4 Å². The second-order valence-electron chi connectivity index (χ2n) is 6.67. The summed E-state index contributed by atoms with van der Waals surface area (Å²) in [5.41, 5.74) is 2.62. The number of para-hydroxylation sites is 2. The van der Waals surface area contributed by atoms with Gasteiger partial charge in [0.15, 0.2) is 0 Å². The molecular formula is C19H21N3O. The van der Waals surface area contributed by atoms with E-state index in [1.165, 1.54) is 0 Å². The van der Waals surface area contributed by atoms with E-state index in [-0.39, 0.29) is 18.0 Å². The molecule has 4 heteroatoms. The van der Waals surface area contributed by atoms with Crippen molar-refractivity contribution < 1.29 is 4.79 Å². The monoisotopic (exact) mass is 307 g/mol. The van der Waals surface area contributed by atoms with E-state index in [9.17, 15) is 4.79 Å². The van der Waals surface area contributed by atoms with E-state index >= 15 is 0 Å². The summed E-state index contributed by atoms with van der Waals surface area (Å²) in [6.07, 6.45) is 0. The third-order valence-electron chi connectivity index (χ3n) is 3.50. The van der Waals surface area contributed by atoms with Crippen LogP contribution in [0.4, 0.5) is 0 Å². The van der Waals surface area contributed by atoms with Gasteiger partial charge in [-0.05, 0) is 32.9 Å². The van der Waals surface area contributed by atoms with Crippen molar-refractivity contribution in [1.82, 2.24) is 14.9 Å². The summed E-state index contributed by atoms with van der Waals surface area (Å²) in [6, 6.07) is 17.9. The number of benzene rings is 2. The minimum absolute atomic E-state index is 0.0159. The molecule has 0 atom stereocenters. The quantitative estimate of drug-likeness (QED) is 0.803. The van der Waals surface area contributed by atoms with E-state index in [1.807, 2.05) is 79.9 Å². The molecule has 0 spiro atoms. The largest absolute Gasteiger partial charge is 0.350 e. The number of carbonyl (C=O) groups is 1. The number of aromatic nitrogens is 2. The van der Waals surface area contributed by atoms with Crippen LogP contribution in [0.1, 0.15) is 20.8 Å². The van der Waals surface area contributed by atoms with E-state index < -0.39 is 0 Å². The van der Waals surface area contributed by atoms with Crippen molar-refractivity contribution in [3.63, 3.8) is 0 Å². The lowest BCUT2D eigenvalue weighted by molar-refractivity contribution is -0.123. The van der Waals surface area contributed by atoms with Crippen LogP contribution in [0.3, 0.4) is 0 Å². The van der Waals surface area contributed by atoms with Gasteiger partial charge in [-0.3, -0.25) is 4.79 Å². The van der Waals surface area contributed by atoms with Crippen LogP contribution >= 0.6 is 0 Å². The van der Waals surface area contributed by atoms with Gasteiger partial charge in [0.1, 0.15) is 12.4 Å². The number of hydrogen-bond donors (Lipinski definition) is 1. The SMILES string of the molecule is CC(C)(C)NC(=O)Cn1c(-c2ccccc2)nc2ccccc21. The van der Waals surface area contributed by atoms with E-state index in [0.29, 0.717) is 0 Å². The molecule has 3 aromatic rings. The second-order valence-corrected chi connectivity index (χ2v) is 6.67. The predicted molar refractivity (Wildman–Crippen MR) is 93.1 cm³/mol. The first kappa shape index (κ1) is 15.3. The van der Waals surface area contributed by atoms with Crippen LogP contribution in [0.25, 0.3) is 22.4 Å². The summed E-state index contributed by atoms with van der Waals surface area (Å²) in [5.74, 6) is 0.800. The molecule has 1 N–H and O–H groups in total. The standard InChI is InChI=1S/C19H21N3O/c1-19(2,3)21-17(23)13-22-16-12-8-7-11-15(16)20-18(22)14-9-5-4-6-10-14/h4-12H,13H2,1-3H3,(H,21,23). The summed E-state index contributed by atoms with van der Waals surface area (Å²) in [7, 11) is 0. The fraction of sp³-hybridized carbons (Fsp3) is 0.263.